The van der Waals surface area contributed by atoms with Crippen molar-refractivity contribution in [2.45, 2.75) is 23.2 Å². The lowest BCUT2D eigenvalue weighted by Gasteiger charge is -2.30. The molecule has 1 fully saturated rings. The average Bonchev–Trinajstić information content (AvgIpc) is 2.92. The van der Waals surface area contributed by atoms with Gasteiger partial charge in [0.1, 0.15) is 0 Å². The summed E-state index contributed by atoms with van der Waals surface area (Å²) in [6.45, 7) is 0. The summed E-state index contributed by atoms with van der Waals surface area (Å²) in [4.78, 5) is 25.8. The first-order chi connectivity index (χ1) is 11.2. The Labute approximate surface area is 139 Å². The van der Waals surface area contributed by atoms with Crippen molar-refractivity contribution < 1.29 is 14.7 Å². The number of hydrogen-bond donors (Lipinski definition) is 1. The number of carbonyl (C=O) groups is 2. The van der Waals surface area contributed by atoms with Crippen LogP contribution in [-0.2, 0) is 15.0 Å². The van der Waals surface area contributed by atoms with Gasteiger partial charge in [0.15, 0.2) is 11.2 Å². The minimum atomic E-state index is -1.40. The Kier molecular flexibility index (Phi) is 4.53. The molecule has 2 aromatic rings. The van der Waals surface area contributed by atoms with Gasteiger partial charge >= 0.3 is 5.97 Å². The molecule has 23 heavy (non-hydrogen) atoms. The fraction of sp³-hybridized carbons (Fsp3) is 0.263. The highest BCUT2D eigenvalue weighted by atomic mass is 32.2. The number of benzene rings is 2. The van der Waals surface area contributed by atoms with Gasteiger partial charge in [0.25, 0.3) is 0 Å². The van der Waals surface area contributed by atoms with Crippen LogP contribution in [0.4, 0.5) is 0 Å². The third-order valence-electron chi connectivity index (χ3n) is 4.53. The summed E-state index contributed by atoms with van der Waals surface area (Å²) in [7, 11) is 0. The Morgan fingerprint density at radius 2 is 1.70 bits per heavy atom. The van der Waals surface area contributed by atoms with E-state index in [1.54, 1.807) is 36.0 Å². The molecule has 4 heteroatoms. The molecule has 0 spiro atoms. The van der Waals surface area contributed by atoms with Crippen LogP contribution in [0.15, 0.2) is 65.6 Å². The zero-order valence-corrected chi connectivity index (χ0v) is 13.5. The van der Waals surface area contributed by atoms with E-state index in [4.69, 9.17) is 0 Å². The van der Waals surface area contributed by atoms with Gasteiger partial charge < -0.3 is 5.11 Å². The molecule has 1 N–H and O–H groups in total. The van der Waals surface area contributed by atoms with Gasteiger partial charge in [-0.2, -0.15) is 0 Å². The maximum atomic E-state index is 12.6. The molecule has 0 radical (unpaired) electrons. The van der Waals surface area contributed by atoms with Gasteiger partial charge in [-0.15, -0.1) is 11.8 Å². The number of aliphatic carboxylic acids is 1. The molecule has 118 valence electrons. The third-order valence-corrected chi connectivity index (χ3v) is 5.71. The number of thioether (sulfide) groups is 1. The molecule has 0 aromatic heterocycles. The van der Waals surface area contributed by atoms with Crippen molar-refractivity contribution in [2.75, 3.05) is 5.75 Å². The van der Waals surface area contributed by atoms with Crippen molar-refractivity contribution in [3.05, 3.63) is 66.2 Å². The summed E-state index contributed by atoms with van der Waals surface area (Å²) in [6.07, 6.45) is 0.959. The van der Waals surface area contributed by atoms with Crippen molar-refractivity contribution in [3.63, 3.8) is 0 Å². The fourth-order valence-electron chi connectivity index (χ4n) is 3.38. The smallest absolute Gasteiger partial charge is 0.322 e. The highest BCUT2D eigenvalue weighted by Crippen LogP contribution is 2.45. The number of hydrogen-bond acceptors (Lipinski definition) is 3. The van der Waals surface area contributed by atoms with Gasteiger partial charge in [-0.1, -0.05) is 48.5 Å². The summed E-state index contributed by atoms with van der Waals surface area (Å²) in [6, 6.07) is 18.8. The predicted octanol–water partition coefficient (Wildman–Crippen LogP) is 3.78. The molecular weight excluding hydrogens is 308 g/mol. The predicted molar refractivity (Wildman–Crippen MR) is 90.7 cm³/mol. The molecule has 2 atom stereocenters. The van der Waals surface area contributed by atoms with E-state index in [0.29, 0.717) is 24.2 Å². The second-order valence-corrected chi connectivity index (χ2v) is 6.86. The van der Waals surface area contributed by atoms with Crippen molar-refractivity contribution in [3.8, 4) is 0 Å². The Hall–Kier alpha value is -2.07. The molecule has 3 rings (SSSR count). The number of rotatable bonds is 5. The summed E-state index contributed by atoms with van der Waals surface area (Å²) in [5.74, 6) is -0.767. The summed E-state index contributed by atoms with van der Waals surface area (Å²) >= 11 is 1.62. The van der Waals surface area contributed by atoms with E-state index >= 15 is 0 Å². The maximum absolute atomic E-state index is 12.6. The topological polar surface area (TPSA) is 54.4 Å². The first-order valence-corrected chi connectivity index (χ1v) is 8.64. The van der Waals surface area contributed by atoms with Crippen LogP contribution in [0.2, 0.25) is 0 Å². The van der Waals surface area contributed by atoms with Crippen LogP contribution >= 0.6 is 11.8 Å². The van der Waals surface area contributed by atoms with Gasteiger partial charge in [0.2, 0.25) is 0 Å². The van der Waals surface area contributed by atoms with E-state index in [9.17, 15) is 14.7 Å². The molecule has 3 nitrogen and oxygen atoms in total. The largest absolute Gasteiger partial charge is 0.480 e. The molecule has 0 amide bonds. The monoisotopic (exact) mass is 326 g/mol. The van der Waals surface area contributed by atoms with Gasteiger partial charge in [0.05, 0.1) is 0 Å². The molecule has 2 unspecified atom stereocenters. The van der Waals surface area contributed by atoms with Crippen LogP contribution in [0.1, 0.15) is 18.4 Å². The standard InChI is InChI=1S/C19H18O3S/c20-17-12-11-15(13-23-16-9-5-2-6-10-16)19(17,18(21)22)14-7-3-1-4-8-14/h1-10,15H,11-13H2,(H,21,22). The fourth-order valence-corrected chi connectivity index (χ4v) is 4.54. The lowest BCUT2D eigenvalue weighted by Crippen LogP contribution is -2.46. The Balaban J connectivity index is 1.92. The van der Waals surface area contributed by atoms with Crippen LogP contribution in [0.25, 0.3) is 0 Å². The summed E-state index contributed by atoms with van der Waals surface area (Å²) < 4.78 is 0. The molecule has 1 saturated carbocycles. The van der Waals surface area contributed by atoms with E-state index in [-0.39, 0.29) is 11.7 Å². The average molecular weight is 326 g/mol. The van der Waals surface area contributed by atoms with Crippen molar-refractivity contribution in [2.24, 2.45) is 5.92 Å². The van der Waals surface area contributed by atoms with E-state index < -0.39 is 11.4 Å². The molecule has 0 bridgehead atoms. The second-order valence-electron chi connectivity index (χ2n) is 5.76. The normalized spacial score (nSPS) is 23.8. The van der Waals surface area contributed by atoms with Crippen molar-refractivity contribution >= 4 is 23.5 Å². The number of carboxylic acid groups (broad SMARTS) is 1. The first-order valence-electron chi connectivity index (χ1n) is 7.65. The van der Waals surface area contributed by atoms with Gasteiger partial charge in [-0.3, -0.25) is 9.59 Å². The minimum absolute atomic E-state index is 0.171. The van der Waals surface area contributed by atoms with Gasteiger partial charge in [0, 0.05) is 17.1 Å². The van der Waals surface area contributed by atoms with Crippen molar-refractivity contribution in [1.29, 1.82) is 0 Å². The molecule has 0 saturated heterocycles. The highest BCUT2D eigenvalue weighted by molar-refractivity contribution is 7.99. The number of carboxylic acids is 1. The Morgan fingerprint density at radius 1 is 1.09 bits per heavy atom. The van der Waals surface area contributed by atoms with E-state index in [1.165, 1.54) is 0 Å². The first kappa shape index (κ1) is 15.8. The zero-order valence-electron chi connectivity index (χ0n) is 12.6. The number of ketones is 1. The lowest BCUT2D eigenvalue weighted by molar-refractivity contribution is -0.149. The molecule has 0 aliphatic heterocycles. The van der Waals surface area contributed by atoms with Crippen LogP contribution in [0.5, 0.6) is 0 Å². The van der Waals surface area contributed by atoms with Crippen LogP contribution in [0, 0.1) is 5.92 Å². The molecule has 1 aliphatic rings. The molecular formula is C19H18O3S. The molecule has 0 heterocycles. The van der Waals surface area contributed by atoms with Crippen molar-refractivity contribution in [1.82, 2.24) is 0 Å². The number of carbonyl (C=O) groups excluding carboxylic acids is 1. The Morgan fingerprint density at radius 3 is 2.30 bits per heavy atom. The van der Waals surface area contributed by atoms with E-state index in [0.717, 1.165) is 4.90 Å². The maximum Gasteiger partial charge on any atom is 0.322 e. The van der Waals surface area contributed by atoms with Crippen LogP contribution < -0.4 is 0 Å². The van der Waals surface area contributed by atoms with Gasteiger partial charge in [-0.05, 0) is 30.0 Å². The quantitative estimate of drug-likeness (QED) is 0.671. The second kappa shape index (κ2) is 6.59. The van der Waals surface area contributed by atoms with E-state index in [2.05, 4.69) is 0 Å². The summed E-state index contributed by atoms with van der Waals surface area (Å²) in [5.41, 5.74) is -0.795. The van der Waals surface area contributed by atoms with E-state index in [1.807, 2.05) is 36.4 Å². The van der Waals surface area contributed by atoms with Crippen LogP contribution in [0.3, 0.4) is 0 Å². The number of Topliss-reactive ketones (excluding diaryl/α,β-unsaturated/α-hetero) is 1. The minimum Gasteiger partial charge on any atom is -0.480 e. The summed E-state index contributed by atoms with van der Waals surface area (Å²) in [5, 5.41) is 9.93. The molecule has 2 aromatic carbocycles. The third kappa shape index (κ3) is 2.79. The molecule has 1 aliphatic carbocycles. The zero-order chi connectivity index (χ0) is 16.3. The van der Waals surface area contributed by atoms with Gasteiger partial charge in [-0.25, -0.2) is 0 Å². The SMILES string of the molecule is O=C(O)C1(c2ccccc2)C(=O)CCC1CSc1ccccc1. The Bertz CT molecular complexity index is 699. The highest BCUT2D eigenvalue weighted by Gasteiger charge is 2.56. The van der Waals surface area contributed by atoms with Crippen LogP contribution in [-0.4, -0.2) is 22.6 Å². The lowest BCUT2D eigenvalue weighted by atomic mass is 9.72.